The maximum absolute atomic E-state index is 6.13. The van der Waals surface area contributed by atoms with Gasteiger partial charge in [0.15, 0.2) is 0 Å². The van der Waals surface area contributed by atoms with Crippen LogP contribution in [0.15, 0.2) is 0 Å². The highest BCUT2D eigenvalue weighted by Gasteiger charge is 2.40. The van der Waals surface area contributed by atoms with Gasteiger partial charge in [0.05, 0.1) is 25.9 Å². The van der Waals surface area contributed by atoms with Crippen LogP contribution in [0.4, 0.5) is 0 Å². The lowest BCUT2D eigenvalue weighted by Crippen LogP contribution is -2.54. The van der Waals surface area contributed by atoms with Crippen molar-refractivity contribution in [3.8, 4) is 0 Å². The van der Waals surface area contributed by atoms with Crippen LogP contribution in [0.5, 0.6) is 0 Å². The van der Waals surface area contributed by atoms with E-state index in [9.17, 15) is 0 Å². The topological polar surface area (TPSA) is 47.7 Å². The number of rotatable bonds is 2. The molecule has 0 amide bonds. The molecule has 0 saturated carbocycles. The van der Waals surface area contributed by atoms with Gasteiger partial charge in [-0.1, -0.05) is 6.92 Å². The zero-order valence-electron chi connectivity index (χ0n) is 10.6. The van der Waals surface area contributed by atoms with Crippen molar-refractivity contribution >= 4 is 0 Å². The number of nitrogens with two attached hydrogens (primary N) is 1. The molecule has 0 aromatic rings. The molecule has 2 saturated heterocycles. The van der Waals surface area contributed by atoms with Crippen LogP contribution in [0.25, 0.3) is 0 Å². The summed E-state index contributed by atoms with van der Waals surface area (Å²) < 4.78 is 11.1. The molecule has 4 atom stereocenters. The minimum atomic E-state index is 0.103. The first-order valence-electron chi connectivity index (χ1n) is 6.20. The number of hydrogen-bond donors (Lipinski definition) is 1. The maximum atomic E-state index is 6.13. The lowest BCUT2D eigenvalue weighted by molar-refractivity contribution is -0.0629. The van der Waals surface area contributed by atoms with Gasteiger partial charge in [0.25, 0.3) is 0 Å². The second kappa shape index (κ2) is 4.61. The van der Waals surface area contributed by atoms with Crippen LogP contribution >= 0.6 is 0 Å². The Bertz CT molecular complexity index is 249. The monoisotopic (exact) mass is 228 g/mol. The van der Waals surface area contributed by atoms with Crippen molar-refractivity contribution < 1.29 is 9.47 Å². The summed E-state index contributed by atoms with van der Waals surface area (Å²) in [6.07, 6.45) is 0.332. The van der Waals surface area contributed by atoms with E-state index in [-0.39, 0.29) is 11.5 Å². The molecule has 4 unspecified atom stereocenters. The molecule has 0 aliphatic carbocycles. The van der Waals surface area contributed by atoms with Crippen molar-refractivity contribution in [3.05, 3.63) is 0 Å². The third-order valence-corrected chi connectivity index (χ3v) is 3.93. The number of ether oxygens (including phenoxy) is 2. The number of morpholine rings is 1. The molecule has 2 heterocycles. The first kappa shape index (κ1) is 12.3. The summed E-state index contributed by atoms with van der Waals surface area (Å²) in [6.45, 7) is 10.9. The Morgan fingerprint density at radius 1 is 1.38 bits per heavy atom. The number of nitrogens with zero attached hydrogens (tertiary/aromatic N) is 1. The minimum Gasteiger partial charge on any atom is -0.379 e. The molecule has 0 spiro atoms. The summed E-state index contributed by atoms with van der Waals surface area (Å²) in [7, 11) is 0. The van der Waals surface area contributed by atoms with Crippen LogP contribution in [0.1, 0.15) is 20.8 Å². The third kappa shape index (κ3) is 2.40. The Labute approximate surface area is 98.1 Å². The highest BCUT2D eigenvalue weighted by atomic mass is 16.5. The average molecular weight is 228 g/mol. The Hall–Kier alpha value is -0.160. The average Bonchev–Trinajstić information content (AvgIpc) is 2.53. The summed E-state index contributed by atoms with van der Waals surface area (Å²) >= 11 is 0. The van der Waals surface area contributed by atoms with Gasteiger partial charge in [-0.25, -0.2) is 0 Å². The smallest absolute Gasteiger partial charge is 0.0674 e. The highest BCUT2D eigenvalue weighted by Crippen LogP contribution is 2.29. The Morgan fingerprint density at radius 3 is 2.75 bits per heavy atom. The fourth-order valence-corrected chi connectivity index (χ4v) is 2.55. The SMILES string of the molecule is CC1CN(CC2(C)COCC2N)C(C)CO1. The molecule has 0 aromatic heterocycles. The minimum absolute atomic E-state index is 0.103. The molecule has 0 radical (unpaired) electrons. The zero-order chi connectivity index (χ0) is 11.8. The largest absolute Gasteiger partial charge is 0.379 e. The van der Waals surface area contributed by atoms with Crippen molar-refractivity contribution in [2.24, 2.45) is 11.1 Å². The van der Waals surface area contributed by atoms with E-state index in [0.717, 1.165) is 26.3 Å². The van der Waals surface area contributed by atoms with E-state index in [2.05, 4.69) is 25.7 Å². The Kier molecular flexibility index (Phi) is 3.54. The molecule has 2 rings (SSSR count). The molecular weight excluding hydrogens is 204 g/mol. The second-order valence-corrected chi connectivity index (χ2v) is 5.70. The van der Waals surface area contributed by atoms with Gasteiger partial charge in [-0.3, -0.25) is 4.90 Å². The first-order valence-corrected chi connectivity index (χ1v) is 6.20. The maximum Gasteiger partial charge on any atom is 0.0674 e. The van der Waals surface area contributed by atoms with Crippen LogP contribution in [0, 0.1) is 5.41 Å². The summed E-state index contributed by atoms with van der Waals surface area (Å²) in [5, 5.41) is 0. The van der Waals surface area contributed by atoms with E-state index in [1.54, 1.807) is 0 Å². The molecule has 94 valence electrons. The van der Waals surface area contributed by atoms with E-state index in [1.165, 1.54) is 0 Å². The van der Waals surface area contributed by atoms with E-state index in [4.69, 9.17) is 15.2 Å². The zero-order valence-corrected chi connectivity index (χ0v) is 10.6. The van der Waals surface area contributed by atoms with Gasteiger partial charge in [0, 0.05) is 30.6 Å². The summed E-state index contributed by atoms with van der Waals surface area (Å²) in [4.78, 5) is 2.49. The fourth-order valence-electron chi connectivity index (χ4n) is 2.55. The molecule has 4 heteroatoms. The molecular formula is C12H24N2O2. The molecule has 4 nitrogen and oxygen atoms in total. The molecule has 2 aliphatic rings. The van der Waals surface area contributed by atoms with Crippen molar-refractivity contribution in [3.63, 3.8) is 0 Å². The summed E-state index contributed by atoms with van der Waals surface area (Å²) in [5.41, 5.74) is 6.23. The summed E-state index contributed by atoms with van der Waals surface area (Å²) in [6, 6.07) is 0.652. The van der Waals surface area contributed by atoms with Gasteiger partial charge in [-0.15, -0.1) is 0 Å². The van der Waals surface area contributed by atoms with Crippen molar-refractivity contribution in [2.75, 3.05) is 32.9 Å². The molecule has 16 heavy (non-hydrogen) atoms. The van der Waals surface area contributed by atoms with Gasteiger partial charge in [0.2, 0.25) is 0 Å². The first-order chi connectivity index (χ1) is 7.51. The van der Waals surface area contributed by atoms with Crippen molar-refractivity contribution in [1.29, 1.82) is 0 Å². The number of hydrogen-bond acceptors (Lipinski definition) is 4. The Morgan fingerprint density at radius 2 is 2.12 bits per heavy atom. The van der Waals surface area contributed by atoms with Gasteiger partial charge in [0.1, 0.15) is 0 Å². The van der Waals surface area contributed by atoms with Gasteiger partial charge < -0.3 is 15.2 Å². The predicted molar refractivity (Wildman–Crippen MR) is 63.4 cm³/mol. The lowest BCUT2D eigenvalue weighted by Gasteiger charge is -2.41. The van der Waals surface area contributed by atoms with Crippen LogP contribution in [-0.4, -0.2) is 56.0 Å². The van der Waals surface area contributed by atoms with Crippen LogP contribution in [0.2, 0.25) is 0 Å². The lowest BCUT2D eigenvalue weighted by atomic mass is 9.84. The van der Waals surface area contributed by atoms with E-state index < -0.39 is 0 Å². The second-order valence-electron chi connectivity index (χ2n) is 5.70. The molecule has 2 aliphatic heterocycles. The standard InChI is InChI=1S/C12H24N2O2/c1-9-5-16-10(2)4-14(9)7-12(3)8-15-6-11(12)13/h9-11H,4-8,13H2,1-3H3. The quantitative estimate of drug-likeness (QED) is 0.746. The van der Waals surface area contributed by atoms with Crippen molar-refractivity contribution in [1.82, 2.24) is 4.90 Å². The van der Waals surface area contributed by atoms with Gasteiger partial charge in [-0.05, 0) is 13.8 Å². The highest BCUT2D eigenvalue weighted by molar-refractivity contribution is 4.94. The summed E-state index contributed by atoms with van der Waals surface area (Å²) in [5.74, 6) is 0. The van der Waals surface area contributed by atoms with Crippen LogP contribution in [-0.2, 0) is 9.47 Å². The normalized spacial score (nSPS) is 46.1. The van der Waals surface area contributed by atoms with E-state index in [1.807, 2.05) is 0 Å². The van der Waals surface area contributed by atoms with E-state index >= 15 is 0 Å². The van der Waals surface area contributed by atoms with Crippen molar-refractivity contribution in [2.45, 2.75) is 39.0 Å². The van der Waals surface area contributed by atoms with E-state index in [0.29, 0.717) is 18.8 Å². The fraction of sp³-hybridized carbons (Fsp3) is 1.00. The predicted octanol–water partition coefficient (Wildman–Crippen LogP) is 0.459. The van der Waals surface area contributed by atoms with Crippen LogP contribution in [0.3, 0.4) is 0 Å². The third-order valence-electron chi connectivity index (χ3n) is 3.93. The molecule has 2 N–H and O–H groups in total. The van der Waals surface area contributed by atoms with Crippen LogP contribution < -0.4 is 5.73 Å². The Balaban J connectivity index is 1.97. The molecule has 0 bridgehead atoms. The van der Waals surface area contributed by atoms with Gasteiger partial charge in [-0.2, -0.15) is 0 Å². The molecule has 2 fully saturated rings. The van der Waals surface area contributed by atoms with Gasteiger partial charge >= 0.3 is 0 Å². The molecule has 0 aromatic carbocycles.